The van der Waals surface area contributed by atoms with Gasteiger partial charge in [0.25, 0.3) is 0 Å². The maximum atomic E-state index is 3.58. The molecule has 46 valence electrons. The summed E-state index contributed by atoms with van der Waals surface area (Å²) in [5, 5.41) is 0. The summed E-state index contributed by atoms with van der Waals surface area (Å²) in [6.07, 6.45) is 5.89. The highest BCUT2D eigenvalue weighted by Crippen LogP contribution is 2.13. The van der Waals surface area contributed by atoms with Gasteiger partial charge in [-0.05, 0) is 5.41 Å². The van der Waals surface area contributed by atoms with Crippen molar-refractivity contribution in [1.29, 1.82) is 0 Å². The van der Waals surface area contributed by atoms with Crippen LogP contribution in [0.3, 0.4) is 0 Å². The van der Waals surface area contributed by atoms with Crippen LogP contribution in [0.25, 0.3) is 0 Å². The van der Waals surface area contributed by atoms with Crippen LogP contribution in [-0.4, -0.2) is 0 Å². The zero-order valence-electron chi connectivity index (χ0n) is 5.94. The molecule has 0 aromatic carbocycles. The first kappa shape index (κ1) is 7.48. The highest BCUT2D eigenvalue weighted by Gasteiger charge is 2.01. The molecule has 0 saturated carbocycles. The average molecular weight is 110 g/mol. The lowest BCUT2D eigenvalue weighted by Crippen LogP contribution is -1.97. The molecule has 0 aromatic heterocycles. The maximum absolute atomic E-state index is 3.58. The van der Waals surface area contributed by atoms with Crippen LogP contribution in [0.15, 0.2) is 24.8 Å². The first-order chi connectivity index (χ1) is 3.56. The summed E-state index contributed by atoms with van der Waals surface area (Å²) in [5.41, 5.74) is 0.300. The molecular formula is C8H14. The fraction of sp³-hybridized carbons (Fsp3) is 0.500. The van der Waals surface area contributed by atoms with Crippen molar-refractivity contribution in [3.63, 3.8) is 0 Å². The van der Waals surface area contributed by atoms with Gasteiger partial charge in [-0.15, -0.1) is 0 Å². The van der Waals surface area contributed by atoms with E-state index in [2.05, 4.69) is 33.4 Å². The van der Waals surface area contributed by atoms with Gasteiger partial charge in [-0.1, -0.05) is 45.6 Å². The van der Waals surface area contributed by atoms with E-state index in [1.54, 1.807) is 6.08 Å². The Morgan fingerprint density at radius 3 is 1.88 bits per heavy atom. The van der Waals surface area contributed by atoms with Gasteiger partial charge < -0.3 is 0 Å². The molecule has 0 nitrogen and oxygen atoms in total. The third-order valence-corrected chi connectivity index (χ3v) is 0.732. The van der Waals surface area contributed by atoms with E-state index in [1.165, 1.54) is 0 Å². The van der Waals surface area contributed by atoms with Crippen molar-refractivity contribution in [2.45, 2.75) is 20.8 Å². The third-order valence-electron chi connectivity index (χ3n) is 0.732. The molecule has 0 fully saturated rings. The number of hydrogen-bond acceptors (Lipinski definition) is 0. The predicted octanol–water partition coefficient (Wildman–Crippen LogP) is 2.77. The molecular weight excluding hydrogens is 96.1 g/mol. The van der Waals surface area contributed by atoms with Crippen LogP contribution >= 0.6 is 0 Å². The van der Waals surface area contributed by atoms with Crippen molar-refractivity contribution in [2.24, 2.45) is 5.41 Å². The van der Waals surface area contributed by atoms with E-state index in [0.717, 1.165) is 0 Å². The molecule has 0 unspecified atom stereocenters. The SMILES string of the molecule is C=C/C=C/C(C)(C)C. The molecule has 0 N–H and O–H groups in total. The van der Waals surface area contributed by atoms with Crippen LogP contribution in [0.4, 0.5) is 0 Å². The smallest absolute Gasteiger partial charge is 0.0200 e. The van der Waals surface area contributed by atoms with E-state index >= 15 is 0 Å². The molecule has 0 spiro atoms. The Labute approximate surface area is 51.9 Å². The van der Waals surface area contributed by atoms with Crippen LogP contribution in [0, 0.1) is 5.41 Å². The van der Waals surface area contributed by atoms with E-state index in [0.29, 0.717) is 5.41 Å². The van der Waals surface area contributed by atoms with Gasteiger partial charge in [0, 0.05) is 0 Å². The van der Waals surface area contributed by atoms with E-state index in [9.17, 15) is 0 Å². The zero-order chi connectivity index (χ0) is 6.62. The molecule has 0 aliphatic rings. The van der Waals surface area contributed by atoms with Gasteiger partial charge >= 0.3 is 0 Å². The molecule has 0 aliphatic heterocycles. The van der Waals surface area contributed by atoms with E-state index in [4.69, 9.17) is 0 Å². The van der Waals surface area contributed by atoms with E-state index < -0.39 is 0 Å². The normalized spacial score (nSPS) is 12.4. The van der Waals surface area contributed by atoms with E-state index in [1.807, 2.05) is 6.08 Å². The van der Waals surface area contributed by atoms with Gasteiger partial charge in [-0.3, -0.25) is 0 Å². The molecule has 0 heteroatoms. The van der Waals surface area contributed by atoms with Crippen molar-refractivity contribution >= 4 is 0 Å². The third kappa shape index (κ3) is 5.48. The fourth-order valence-electron chi connectivity index (χ4n) is 0.357. The minimum Gasteiger partial charge on any atom is -0.0991 e. The highest BCUT2D eigenvalue weighted by molar-refractivity contribution is 5.02. The van der Waals surface area contributed by atoms with Crippen LogP contribution in [0.5, 0.6) is 0 Å². The maximum Gasteiger partial charge on any atom is -0.0200 e. The van der Waals surface area contributed by atoms with E-state index in [-0.39, 0.29) is 0 Å². The second kappa shape index (κ2) is 2.71. The van der Waals surface area contributed by atoms with Crippen molar-refractivity contribution in [3.8, 4) is 0 Å². The molecule has 8 heavy (non-hydrogen) atoms. The summed E-state index contributed by atoms with van der Waals surface area (Å²) in [6, 6.07) is 0. The first-order valence-corrected chi connectivity index (χ1v) is 2.86. The second-order valence-electron chi connectivity index (χ2n) is 2.96. The minimum atomic E-state index is 0.300. The lowest BCUT2D eigenvalue weighted by Gasteiger charge is -2.09. The number of allylic oxidation sites excluding steroid dienone is 3. The summed E-state index contributed by atoms with van der Waals surface area (Å²) >= 11 is 0. The van der Waals surface area contributed by atoms with Crippen molar-refractivity contribution in [1.82, 2.24) is 0 Å². The Bertz CT molecular complexity index is 91.1. The average Bonchev–Trinajstić information content (AvgIpc) is 1.59. The Balaban J connectivity index is 3.69. The topological polar surface area (TPSA) is 0 Å². The number of hydrogen-bond donors (Lipinski definition) is 0. The monoisotopic (exact) mass is 110 g/mol. The first-order valence-electron chi connectivity index (χ1n) is 2.86. The summed E-state index contributed by atoms with van der Waals surface area (Å²) < 4.78 is 0. The quantitative estimate of drug-likeness (QED) is 0.455. The molecule has 0 radical (unpaired) electrons. The van der Waals surface area contributed by atoms with Crippen LogP contribution in [-0.2, 0) is 0 Å². The molecule has 0 heterocycles. The van der Waals surface area contributed by atoms with Gasteiger partial charge in [-0.2, -0.15) is 0 Å². The standard InChI is InChI=1S/C8H14/c1-5-6-7-8(2,3)4/h5-7H,1H2,2-4H3/b7-6+. The van der Waals surface area contributed by atoms with Crippen LogP contribution in [0.2, 0.25) is 0 Å². The second-order valence-corrected chi connectivity index (χ2v) is 2.96. The van der Waals surface area contributed by atoms with Gasteiger partial charge in [-0.25, -0.2) is 0 Å². The summed E-state index contributed by atoms with van der Waals surface area (Å²) in [6.45, 7) is 10.1. The van der Waals surface area contributed by atoms with Crippen LogP contribution < -0.4 is 0 Å². The number of rotatable bonds is 1. The molecule has 0 amide bonds. The summed E-state index contributed by atoms with van der Waals surface area (Å²) in [4.78, 5) is 0. The van der Waals surface area contributed by atoms with Gasteiger partial charge in [0.05, 0.1) is 0 Å². The van der Waals surface area contributed by atoms with Crippen molar-refractivity contribution in [2.75, 3.05) is 0 Å². The summed E-state index contributed by atoms with van der Waals surface area (Å²) in [7, 11) is 0. The fourth-order valence-corrected chi connectivity index (χ4v) is 0.357. The summed E-state index contributed by atoms with van der Waals surface area (Å²) in [5.74, 6) is 0. The predicted molar refractivity (Wildman–Crippen MR) is 38.8 cm³/mol. The molecule has 0 rings (SSSR count). The van der Waals surface area contributed by atoms with Crippen LogP contribution in [0.1, 0.15) is 20.8 Å². The Hall–Kier alpha value is -0.520. The molecule has 0 aromatic rings. The largest absolute Gasteiger partial charge is 0.0991 e. The van der Waals surface area contributed by atoms with Gasteiger partial charge in [0.1, 0.15) is 0 Å². The Morgan fingerprint density at radius 2 is 1.75 bits per heavy atom. The van der Waals surface area contributed by atoms with Gasteiger partial charge in [0.2, 0.25) is 0 Å². The van der Waals surface area contributed by atoms with Crippen molar-refractivity contribution < 1.29 is 0 Å². The molecule has 0 saturated heterocycles. The highest BCUT2D eigenvalue weighted by atomic mass is 14.1. The van der Waals surface area contributed by atoms with Gasteiger partial charge in [0.15, 0.2) is 0 Å². The lowest BCUT2D eigenvalue weighted by atomic mass is 9.96. The lowest BCUT2D eigenvalue weighted by molar-refractivity contribution is 0.544. The van der Waals surface area contributed by atoms with Crippen molar-refractivity contribution in [3.05, 3.63) is 24.8 Å². The zero-order valence-corrected chi connectivity index (χ0v) is 5.94. The Morgan fingerprint density at radius 1 is 1.25 bits per heavy atom. The molecule has 0 bridgehead atoms. The Kier molecular flexibility index (Phi) is 2.53. The minimum absolute atomic E-state index is 0.300. The molecule has 0 aliphatic carbocycles. The molecule has 0 atom stereocenters.